The first-order chi connectivity index (χ1) is 20.1. The van der Waals surface area contributed by atoms with Crippen molar-refractivity contribution < 1.29 is 27.5 Å². The molecule has 0 aliphatic heterocycles. The molecule has 1 fully saturated rings. The number of thiazole rings is 1. The van der Waals surface area contributed by atoms with Gasteiger partial charge in [0.05, 0.1) is 16.8 Å². The van der Waals surface area contributed by atoms with Crippen molar-refractivity contribution in [2.24, 2.45) is 0 Å². The molecule has 5 rings (SSSR count). The number of nitrogens with zero attached hydrogens (tertiary/aromatic N) is 1. The van der Waals surface area contributed by atoms with E-state index in [0.29, 0.717) is 15.9 Å². The van der Waals surface area contributed by atoms with Crippen LogP contribution in [-0.4, -0.2) is 50.2 Å². The van der Waals surface area contributed by atoms with Gasteiger partial charge in [-0.1, -0.05) is 42.5 Å². The quantitative estimate of drug-likeness (QED) is 0.241. The predicted molar refractivity (Wildman–Crippen MR) is 162 cm³/mol. The Kier molecular flexibility index (Phi) is 8.55. The highest BCUT2D eigenvalue weighted by atomic mass is 32.2. The second-order valence-electron chi connectivity index (χ2n) is 10.2. The van der Waals surface area contributed by atoms with E-state index >= 15 is 0 Å². The topological polar surface area (TPSA) is 144 Å². The van der Waals surface area contributed by atoms with E-state index in [9.17, 15) is 22.8 Å². The molecule has 42 heavy (non-hydrogen) atoms. The Morgan fingerprint density at radius 1 is 1.05 bits per heavy atom. The van der Waals surface area contributed by atoms with Crippen molar-refractivity contribution in [3.8, 4) is 11.1 Å². The molecule has 1 aromatic heterocycles. The lowest BCUT2D eigenvalue weighted by Crippen LogP contribution is -2.41. The van der Waals surface area contributed by atoms with Gasteiger partial charge in [-0.05, 0) is 66.3 Å². The van der Waals surface area contributed by atoms with Crippen LogP contribution in [0.15, 0.2) is 66.7 Å². The van der Waals surface area contributed by atoms with E-state index in [4.69, 9.17) is 4.74 Å². The molecular weight excluding hydrogens is 576 g/mol. The van der Waals surface area contributed by atoms with Gasteiger partial charge in [-0.2, -0.15) is 0 Å². The number of fused-ring (bicyclic) bond motifs is 1. The van der Waals surface area contributed by atoms with E-state index in [-0.39, 0.29) is 30.1 Å². The van der Waals surface area contributed by atoms with Crippen LogP contribution in [0.2, 0.25) is 0 Å². The zero-order valence-electron chi connectivity index (χ0n) is 23.0. The average molecular weight is 607 g/mol. The first-order valence-corrected chi connectivity index (χ1v) is 16.1. The fourth-order valence-corrected chi connectivity index (χ4v) is 6.91. The van der Waals surface area contributed by atoms with Crippen LogP contribution in [0.25, 0.3) is 21.3 Å². The molecule has 1 atom stereocenters. The second kappa shape index (κ2) is 12.3. The third-order valence-electron chi connectivity index (χ3n) is 6.66. The number of aromatic nitrogens is 1. The Morgan fingerprint density at radius 2 is 1.76 bits per heavy atom. The van der Waals surface area contributed by atoms with E-state index in [2.05, 4.69) is 20.9 Å². The fourth-order valence-electron chi connectivity index (χ4n) is 4.39. The number of ether oxygens (including phenoxy) is 1. The van der Waals surface area contributed by atoms with Gasteiger partial charge in [0.15, 0.2) is 15.1 Å². The van der Waals surface area contributed by atoms with Gasteiger partial charge in [0, 0.05) is 18.0 Å². The van der Waals surface area contributed by atoms with Gasteiger partial charge < -0.3 is 15.4 Å². The maximum Gasteiger partial charge on any atom is 0.411 e. The summed E-state index contributed by atoms with van der Waals surface area (Å²) in [6, 6.07) is 20.5. The van der Waals surface area contributed by atoms with Crippen LogP contribution in [0.1, 0.15) is 34.2 Å². The summed E-state index contributed by atoms with van der Waals surface area (Å²) in [5.41, 5.74) is 4.71. The molecule has 3 aromatic carbocycles. The molecule has 1 heterocycles. The van der Waals surface area contributed by atoms with Crippen LogP contribution in [0.3, 0.4) is 0 Å². The number of amides is 3. The summed E-state index contributed by atoms with van der Waals surface area (Å²) >= 11 is 1.12. The molecule has 1 saturated carbocycles. The number of carbonyl (C=O) groups is 3. The van der Waals surface area contributed by atoms with Crippen LogP contribution >= 0.6 is 11.3 Å². The van der Waals surface area contributed by atoms with Crippen molar-refractivity contribution in [3.63, 3.8) is 0 Å². The third-order valence-corrected chi connectivity index (χ3v) is 9.19. The largest absolute Gasteiger partial charge is 0.444 e. The van der Waals surface area contributed by atoms with Crippen molar-refractivity contribution in [2.45, 2.75) is 37.7 Å². The van der Waals surface area contributed by atoms with E-state index in [1.807, 2.05) is 61.5 Å². The molecule has 0 radical (unpaired) electrons. The maximum atomic E-state index is 12.9. The first-order valence-electron chi connectivity index (χ1n) is 13.3. The number of hydrogen-bond donors (Lipinski definition) is 3. The third kappa shape index (κ3) is 7.31. The monoisotopic (exact) mass is 606 g/mol. The highest BCUT2D eigenvalue weighted by molar-refractivity contribution is 7.91. The lowest BCUT2D eigenvalue weighted by Gasteiger charge is -2.12. The highest BCUT2D eigenvalue weighted by Gasteiger charge is 2.34. The molecule has 218 valence electrons. The average Bonchev–Trinajstić information content (AvgIpc) is 3.67. The van der Waals surface area contributed by atoms with Crippen LogP contribution in [0, 0.1) is 6.92 Å². The summed E-state index contributed by atoms with van der Waals surface area (Å²) in [6.07, 6.45) is 2.24. The summed E-state index contributed by atoms with van der Waals surface area (Å²) in [4.78, 5) is 41.6. The standard InChI is InChI=1S/C30H30N4O6S2/c1-18-14-24-25(41-29(34-24)27(42(2,38)39)28(36)31-16-26(35)32-21-12-13-21)15-23(18)20-8-10-22(11-9-20)33-30(37)40-17-19-6-4-3-5-7-19/h3-11,14-15,21,27H,12-13,16-17H2,1-2H3,(H,31,36)(H,32,35)(H,33,37). The molecule has 1 unspecified atom stereocenters. The van der Waals surface area contributed by atoms with Crippen LogP contribution < -0.4 is 16.0 Å². The van der Waals surface area contributed by atoms with Gasteiger partial charge in [0.1, 0.15) is 11.6 Å². The molecule has 1 aliphatic rings. The zero-order valence-corrected chi connectivity index (χ0v) is 24.7. The fraction of sp³-hybridized carbons (Fsp3) is 0.267. The Morgan fingerprint density at radius 3 is 2.43 bits per heavy atom. The Bertz CT molecular complexity index is 1730. The molecule has 0 bridgehead atoms. The molecule has 10 nitrogen and oxygen atoms in total. The first kappa shape index (κ1) is 29.2. The Balaban J connectivity index is 1.29. The minimum atomic E-state index is -3.87. The zero-order chi connectivity index (χ0) is 29.9. The number of benzene rings is 3. The van der Waals surface area contributed by atoms with Crippen LogP contribution in [0.5, 0.6) is 0 Å². The van der Waals surface area contributed by atoms with Gasteiger partial charge in [0.25, 0.3) is 0 Å². The summed E-state index contributed by atoms with van der Waals surface area (Å²) in [5.74, 6) is -1.14. The number of rotatable bonds is 10. The van der Waals surface area contributed by atoms with Crippen molar-refractivity contribution in [3.05, 3.63) is 82.9 Å². The van der Waals surface area contributed by atoms with Gasteiger partial charge in [-0.3, -0.25) is 14.9 Å². The lowest BCUT2D eigenvalue weighted by atomic mass is 10.00. The van der Waals surface area contributed by atoms with Crippen molar-refractivity contribution >= 4 is 55.0 Å². The number of anilines is 1. The van der Waals surface area contributed by atoms with Crippen LogP contribution in [0.4, 0.5) is 10.5 Å². The second-order valence-corrected chi connectivity index (χ2v) is 13.4. The predicted octanol–water partition coefficient (Wildman–Crippen LogP) is 4.50. The van der Waals surface area contributed by atoms with E-state index in [1.165, 1.54) is 0 Å². The summed E-state index contributed by atoms with van der Waals surface area (Å²) in [6.45, 7) is 1.78. The number of aryl methyl sites for hydroxylation is 1. The molecule has 12 heteroatoms. The lowest BCUT2D eigenvalue weighted by molar-refractivity contribution is -0.126. The molecule has 3 amide bonds. The van der Waals surface area contributed by atoms with E-state index in [1.54, 1.807) is 12.1 Å². The van der Waals surface area contributed by atoms with Crippen molar-refractivity contribution in [1.82, 2.24) is 15.6 Å². The normalized spacial score (nSPS) is 13.8. The summed E-state index contributed by atoms with van der Waals surface area (Å²) < 4.78 is 31.2. The van der Waals surface area contributed by atoms with E-state index in [0.717, 1.165) is 52.7 Å². The molecule has 0 saturated heterocycles. The smallest absolute Gasteiger partial charge is 0.411 e. The van der Waals surface area contributed by atoms with Crippen molar-refractivity contribution in [2.75, 3.05) is 18.1 Å². The van der Waals surface area contributed by atoms with Gasteiger partial charge in [-0.25, -0.2) is 18.2 Å². The highest BCUT2D eigenvalue weighted by Crippen LogP contribution is 2.35. The number of hydrogen-bond acceptors (Lipinski definition) is 8. The minimum absolute atomic E-state index is 0.135. The molecule has 3 N–H and O–H groups in total. The summed E-state index contributed by atoms with van der Waals surface area (Å²) in [7, 11) is -3.87. The molecular formula is C30H30N4O6S2. The van der Waals surface area contributed by atoms with Gasteiger partial charge >= 0.3 is 6.09 Å². The molecule has 1 aliphatic carbocycles. The minimum Gasteiger partial charge on any atom is -0.444 e. The Labute approximate surface area is 247 Å². The molecule has 0 spiro atoms. The molecule has 4 aromatic rings. The van der Waals surface area contributed by atoms with Crippen molar-refractivity contribution in [1.29, 1.82) is 0 Å². The van der Waals surface area contributed by atoms with Gasteiger partial charge in [0.2, 0.25) is 11.8 Å². The van der Waals surface area contributed by atoms with Gasteiger partial charge in [-0.15, -0.1) is 11.3 Å². The SMILES string of the molecule is Cc1cc2nc(C(C(=O)NCC(=O)NC3CC3)S(C)(=O)=O)sc2cc1-c1ccc(NC(=O)OCc2ccccc2)cc1. The van der Waals surface area contributed by atoms with Crippen LogP contribution in [-0.2, 0) is 30.8 Å². The number of nitrogens with one attached hydrogen (secondary N) is 3. The Hall–Kier alpha value is -4.29. The van der Waals surface area contributed by atoms with E-state index < -0.39 is 27.1 Å². The maximum absolute atomic E-state index is 12.9. The summed E-state index contributed by atoms with van der Waals surface area (Å²) in [5, 5.41) is 6.53. The number of sulfone groups is 1. The number of carbonyl (C=O) groups excluding carboxylic acids is 3.